The molecule has 1 aliphatic rings. The Morgan fingerprint density at radius 3 is 2.31 bits per heavy atom. The molecule has 5 nitrogen and oxygen atoms in total. The summed E-state index contributed by atoms with van der Waals surface area (Å²) in [5, 5.41) is 10.8. The van der Waals surface area contributed by atoms with Gasteiger partial charge in [-0.05, 0) is 29.8 Å². The Balaban J connectivity index is 1.55. The number of benzene rings is 2. The molecule has 3 rings (SSSR count). The lowest BCUT2D eigenvalue weighted by Gasteiger charge is -2.37. The Bertz CT molecular complexity index is 874. The minimum absolute atomic E-state index is 0.0450. The zero-order valence-corrected chi connectivity index (χ0v) is 18.3. The number of ether oxygens (including phenoxy) is 1. The van der Waals surface area contributed by atoms with E-state index >= 15 is 0 Å². The molecular formula is C21H21Cl2N3O2S. The monoisotopic (exact) mass is 449 g/mol. The number of nitriles is 1. The van der Waals surface area contributed by atoms with Gasteiger partial charge in [-0.1, -0.05) is 41.4 Å². The largest absolute Gasteiger partial charge is 0.497 e. The van der Waals surface area contributed by atoms with Crippen LogP contribution in [-0.4, -0.2) is 54.7 Å². The summed E-state index contributed by atoms with van der Waals surface area (Å²) in [6.45, 7) is 2.47. The molecule has 152 valence electrons. The number of hydrogen-bond acceptors (Lipinski definition) is 5. The highest BCUT2D eigenvalue weighted by atomic mass is 35.5. The van der Waals surface area contributed by atoms with E-state index in [4.69, 9.17) is 27.9 Å². The fourth-order valence-electron chi connectivity index (χ4n) is 3.23. The van der Waals surface area contributed by atoms with Crippen molar-refractivity contribution < 1.29 is 9.53 Å². The maximum atomic E-state index is 12.6. The Morgan fingerprint density at radius 1 is 1.14 bits per heavy atom. The first-order chi connectivity index (χ1) is 14.0. The van der Waals surface area contributed by atoms with Crippen LogP contribution in [0.2, 0.25) is 10.0 Å². The fourth-order valence-corrected chi connectivity index (χ4v) is 4.82. The van der Waals surface area contributed by atoms with E-state index in [1.165, 1.54) is 11.8 Å². The summed E-state index contributed by atoms with van der Waals surface area (Å²) in [6.07, 6.45) is 0. The number of nitrogens with zero attached hydrogens (tertiary/aromatic N) is 3. The van der Waals surface area contributed by atoms with Crippen LogP contribution < -0.4 is 4.74 Å². The van der Waals surface area contributed by atoms with Crippen LogP contribution in [0.3, 0.4) is 0 Å². The van der Waals surface area contributed by atoms with Gasteiger partial charge in [0.1, 0.15) is 11.8 Å². The van der Waals surface area contributed by atoms with Gasteiger partial charge in [0.2, 0.25) is 5.91 Å². The lowest BCUT2D eigenvalue weighted by Crippen LogP contribution is -2.50. The van der Waals surface area contributed by atoms with Crippen molar-refractivity contribution in [2.24, 2.45) is 0 Å². The molecule has 8 heteroatoms. The molecule has 2 aromatic rings. The zero-order chi connectivity index (χ0) is 20.8. The molecule has 1 atom stereocenters. The van der Waals surface area contributed by atoms with Crippen LogP contribution in [0.4, 0.5) is 0 Å². The number of carbonyl (C=O) groups is 1. The smallest absolute Gasteiger partial charge is 0.233 e. The Hall–Kier alpha value is -1.91. The van der Waals surface area contributed by atoms with Crippen LogP contribution in [0.15, 0.2) is 47.4 Å². The Morgan fingerprint density at radius 2 is 1.76 bits per heavy atom. The number of thioether (sulfide) groups is 1. The van der Waals surface area contributed by atoms with Crippen LogP contribution >= 0.6 is 35.0 Å². The van der Waals surface area contributed by atoms with Crippen LogP contribution in [0.5, 0.6) is 5.75 Å². The van der Waals surface area contributed by atoms with E-state index in [1.807, 2.05) is 29.2 Å². The van der Waals surface area contributed by atoms with Gasteiger partial charge in [0.05, 0.1) is 29.0 Å². The second-order valence-corrected chi connectivity index (χ2v) is 8.36. The molecule has 1 heterocycles. The number of carbonyl (C=O) groups excluding carboxylic acids is 1. The van der Waals surface area contributed by atoms with Gasteiger partial charge in [-0.3, -0.25) is 9.69 Å². The lowest BCUT2D eigenvalue weighted by atomic mass is 10.1. The molecule has 0 aliphatic carbocycles. The van der Waals surface area contributed by atoms with E-state index < -0.39 is 0 Å². The average molecular weight is 450 g/mol. The molecule has 0 unspecified atom stereocenters. The average Bonchev–Trinajstić information content (AvgIpc) is 2.75. The molecule has 2 aromatic carbocycles. The highest BCUT2D eigenvalue weighted by Crippen LogP contribution is 2.34. The molecule has 1 saturated heterocycles. The van der Waals surface area contributed by atoms with E-state index in [0.717, 1.165) is 16.2 Å². The fraction of sp³-hybridized carbons (Fsp3) is 0.333. The quantitative estimate of drug-likeness (QED) is 0.607. The third-order valence-electron chi connectivity index (χ3n) is 4.84. The van der Waals surface area contributed by atoms with E-state index in [0.29, 0.717) is 36.2 Å². The van der Waals surface area contributed by atoms with Crippen LogP contribution in [0, 0.1) is 11.3 Å². The number of methoxy groups -OCH3 is 1. The van der Waals surface area contributed by atoms with Crippen molar-refractivity contribution in [2.75, 3.05) is 39.0 Å². The number of rotatable bonds is 6. The van der Waals surface area contributed by atoms with E-state index in [1.54, 1.807) is 25.3 Å². The molecule has 0 N–H and O–H groups in total. The van der Waals surface area contributed by atoms with Gasteiger partial charge < -0.3 is 9.64 Å². The molecule has 0 bridgehead atoms. The highest BCUT2D eigenvalue weighted by molar-refractivity contribution is 8.00. The number of amides is 1. The van der Waals surface area contributed by atoms with Gasteiger partial charge in [-0.25, -0.2) is 0 Å². The first kappa shape index (κ1) is 21.8. The molecule has 0 spiro atoms. The summed E-state index contributed by atoms with van der Waals surface area (Å²) < 4.78 is 5.18. The van der Waals surface area contributed by atoms with Gasteiger partial charge in [0.15, 0.2) is 0 Å². The van der Waals surface area contributed by atoms with Gasteiger partial charge >= 0.3 is 0 Å². The second kappa shape index (κ2) is 10.2. The van der Waals surface area contributed by atoms with Crippen molar-refractivity contribution in [1.29, 1.82) is 5.26 Å². The summed E-state index contributed by atoms with van der Waals surface area (Å²) in [6, 6.07) is 14.9. The van der Waals surface area contributed by atoms with Gasteiger partial charge in [-0.2, -0.15) is 5.26 Å². The Labute approximate surface area is 185 Å². The number of piperazine rings is 1. The number of hydrogen-bond donors (Lipinski definition) is 0. The van der Waals surface area contributed by atoms with Crippen molar-refractivity contribution in [3.8, 4) is 11.8 Å². The molecule has 0 saturated carbocycles. The third-order valence-corrected chi connectivity index (χ3v) is 6.82. The summed E-state index contributed by atoms with van der Waals surface area (Å²) in [4.78, 5) is 17.3. The van der Waals surface area contributed by atoms with Gasteiger partial charge in [0, 0.05) is 31.1 Å². The predicted molar refractivity (Wildman–Crippen MR) is 117 cm³/mol. The second-order valence-electron chi connectivity index (χ2n) is 6.56. The van der Waals surface area contributed by atoms with Gasteiger partial charge in [-0.15, -0.1) is 11.8 Å². The van der Waals surface area contributed by atoms with E-state index in [-0.39, 0.29) is 17.7 Å². The molecule has 1 amide bonds. The minimum Gasteiger partial charge on any atom is -0.497 e. The molecule has 1 aliphatic heterocycles. The minimum atomic E-state index is -0.338. The van der Waals surface area contributed by atoms with Gasteiger partial charge in [0.25, 0.3) is 0 Å². The highest BCUT2D eigenvalue weighted by Gasteiger charge is 2.27. The van der Waals surface area contributed by atoms with Crippen LogP contribution in [0.1, 0.15) is 11.6 Å². The van der Waals surface area contributed by atoms with Crippen LogP contribution in [0.25, 0.3) is 0 Å². The van der Waals surface area contributed by atoms with E-state index in [2.05, 4.69) is 11.0 Å². The summed E-state index contributed by atoms with van der Waals surface area (Å²) in [5.41, 5.74) is 0.928. The number of halogens is 2. The summed E-state index contributed by atoms with van der Waals surface area (Å²) in [5.74, 6) is 1.09. The molecule has 0 radical (unpaired) electrons. The summed E-state index contributed by atoms with van der Waals surface area (Å²) in [7, 11) is 1.62. The molecule has 29 heavy (non-hydrogen) atoms. The normalized spacial score (nSPS) is 15.6. The van der Waals surface area contributed by atoms with Crippen molar-refractivity contribution in [1.82, 2.24) is 9.80 Å². The third kappa shape index (κ3) is 5.37. The lowest BCUT2D eigenvalue weighted by molar-refractivity contribution is -0.130. The molecule has 0 aromatic heterocycles. The summed E-state index contributed by atoms with van der Waals surface area (Å²) >= 11 is 13.7. The maximum Gasteiger partial charge on any atom is 0.233 e. The molecular weight excluding hydrogens is 429 g/mol. The Kier molecular flexibility index (Phi) is 7.68. The van der Waals surface area contributed by atoms with Crippen molar-refractivity contribution in [2.45, 2.75) is 10.9 Å². The van der Waals surface area contributed by atoms with Crippen molar-refractivity contribution in [3.63, 3.8) is 0 Å². The van der Waals surface area contributed by atoms with E-state index in [9.17, 15) is 10.1 Å². The van der Waals surface area contributed by atoms with Crippen molar-refractivity contribution in [3.05, 3.63) is 58.1 Å². The SMILES string of the molecule is COc1ccc([C@H](C#N)N2CCN(C(=O)CSc3c(Cl)cccc3Cl)CC2)cc1. The standard InChI is InChI=1S/C21H21Cl2N3O2S/c1-28-16-7-5-15(6-8-16)19(13-24)25-9-11-26(12-10-25)20(27)14-29-21-17(22)3-2-4-18(21)23/h2-8,19H,9-12,14H2,1H3/t19-/m0/s1. The van der Waals surface area contributed by atoms with Crippen molar-refractivity contribution >= 4 is 40.9 Å². The first-order valence-electron chi connectivity index (χ1n) is 9.15. The maximum absolute atomic E-state index is 12.6. The zero-order valence-electron chi connectivity index (χ0n) is 16.0. The first-order valence-corrected chi connectivity index (χ1v) is 10.9. The molecule has 1 fully saturated rings. The van der Waals surface area contributed by atoms with Crippen LogP contribution in [-0.2, 0) is 4.79 Å². The predicted octanol–water partition coefficient (Wildman–Crippen LogP) is 4.50. The topological polar surface area (TPSA) is 56.6 Å².